The zero-order valence-electron chi connectivity index (χ0n) is 10.6. The van der Waals surface area contributed by atoms with Gasteiger partial charge in [-0.25, -0.2) is 0 Å². The third kappa shape index (κ3) is 5.40. The van der Waals surface area contributed by atoms with Gasteiger partial charge in [-0.1, -0.05) is 46.6 Å². The largest absolute Gasteiger partial charge is 0.349 e. The van der Waals surface area contributed by atoms with Crippen LogP contribution in [0.1, 0.15) is 44.2 Å². The van der Waals surface area contributed by atoms with Gasteiger partial charge >= 0.3 is 0 Å². The maximum absolute atomic E-state index is 11.8. The van der Waals surface area contributed by atoms with E-state index in [0.29, 0.717) is 11.4 Å². The topological polar surface area (TPSA) is 29.1 Å². The van der Waals surface area contributed by atoms with Crippen molar-refractivity contribution in [1.82, 2.24) is 5.32 Å². The number of amides is 1. The van der Waals surface area contributed by atoms with Crippen LogP contribution in [0.15, 0.2) is 24.3 Å². The van der Waals surface area contributed by atoms with Crippen molar-refractivity contribution >= 4 is 33.4 Å². The minimum absolute atomic E-state index is 0.0557. The van der Waals surface area contributed by atoms with E-state index < -0.39 is 0 Å². The molecule has 1 rings (SSSR count). The fourth-order valence-electron chi connectivity index (χ4n) is 1.79. The molecule has 1 aromatic carbocycles. The second kappa shape index (κ2) is 8.54. The van der Waals surface area contributed by atoms with E-state index in [0.717, 1.165) is 30.2 Å². The monoisotopic (exact) mass is 331 g/mol. The van der Waals surface area contributed by atoms with Crippen LogP contribution in [0.5, 0.6) is 0 Å². The Balaban J connectivity index is 2.54. The van der Waals surface area contributed by atoms with E-state index in [9.17, 15) is 4.79 Å². The average molecular weight is 333 g/mol. The summed E-state index contributed by atoms with van der Waals surface area (Å²) in [6.45, 7) is 2.06. The highest BCUT2D eigenvalue weighted by Gasteiger charge is 2.12. The van der Waals surface area contributed by atoms with E-state index in [4.69, 9.17) is 11.6 Å². The Bertz CT molecular complexity index is 384. The molecule has 0 saturated carbocycles. The minimum Gasteiger partial charge on any atom is -0.349 e. The van der Waals surface area contributed by atoms with Crippen LogP contribution < -0.4 is 5.32 Å². The van der Waals surface area contributed by atoms with Gasteiger partial charge in [0, 0.05) is 16.8 Å². The van der Waals surface area contributed by atoms with Crippen molar-refractivity contribution in [3.63, 3.8) is 0 Å². The zero-order chi connectivity index (χ0) is 13.4. The fourth-order valence-corrected chi connectivity index (χ4v) is 2.39. The van der Waals surface area contributed by atoms with E-state index in [1.165, 1.54) is 0 Å². The van der Waals surface area contributed by atoms with Crippen LogP contribution in [-0.2, 0) is 4.79 Å². The number of carbonyl (C=O) groups is 1. The molecule has 0 saturated heterocycles. The fraction of sp³-hybridized carbons (Fsp3) is 0.500. The zero-order valence-corrected chi connectivity index (χ0v) is 12.9. The number of carbonyl (C=O) groups excluding carboxylic acids is 1. The lowest BCUT2D eigenvalue weighted by molar-refractivity contribution is -0.122. The van der Waals surface area contributed by atoms with Gasteiger partial charge < -0.3 is 5.32 Å². The first kappa shape index (κ1) is 15.5. The molecule has 1 unspecified atom stereocenters. The van der Waals surface area contributed by atoms with Crippen LogP contribution in [0.25, 0.3) is 0 Å². The molecule has 0 heterocycles. The molecule has 1 atom stereocenters. The van der Waals surface area contributed by atoms with Gasteiger partial charge in [0.25, 0.3) is 0 Å². The van der Waals surface area contributed by atoms with Gasteiger partial charge in [0.2, 0.25) is 5.91 Å². The van der Waals surface area contributed by atoms with Crippen LogP contribution in [0.3, 0.4) is 0 Å². The van der Waals surface area contributed by atoms with Crippen molar-refractivity contribution in [1.29, 1.82) is 0 Å². The Kier molecular flexibility index (Phi) is 7.36. The van der Waals surface area contributed by atoms with E-state index in [2.05, 4.69) is 28.2 Å². The minimum atomic E-state index is 0.0557. The predicted molar refractivity (Wildman–Crippen MR) is 80.3 cm³/mol. The Morgan fingerprint density at radius 3 is 2.83 bits per heavy atom. The van der Waals surface area contributed by atoms with E-state index in [-0.39, 0.29) is 11.9 Å². The van der Waals surface area contributed by atoms with Crippen molar-refractivity contribution in [3.05, 3.63) is 34.9 Å². The molecule has 18 heavy (non-hydrogen) atoms. The number of hydrogen-bond donors (Lipinski definition) is 1. The lowest BCUT2D eigenvalue weighted by atomic mass is 10.0. The summed E-state index contributed by atoms with van der Waals surface area (Å²) >= 11 is 9.33. The highest BCUT2D eigenvalue weighted by Crippen LogP contribution is 2.20. The van der Waals surface area contributed by atoms with Crippen molar-refractivity contribution < 1.29 is 4.79 Å². The highest BCUT2D eigenvalue weighted by atomic mass is 79.9. The summed E-state index contributed by atoms with van der Waals surface area (Å²) in [5.74, 6) is 0.114. The van der Waals surface area contributed by atoms with Gasteiger partial charge in [0.1, 0.15) is 0 Å². The quantitative estimate of drug-likeness (QED) is 0.579. The standard InChI is InChI=1S/C14H19BrClNO/c1-2-13(11-6-5-7-12(16)10-11)17-14(18)8-3-4-9-15/h5-7,10,13H,2-4,8-9H2,1H3,(H,17,18). The van der Waals surface area contributed by atoms with Crippen molar-refractivity contribution in [2.75, 3.05) is 5.33 Å². The smallest absolute Gasteiger partial charge is 0.220 e. The molecule has 0 aliphatic heterocycles. The number of rotatable bonds is 7. The number of benzene rings is 1. The van der Waals surface area contributed by atoms with Crippen LogP contribution in [0.2, 0.25) is 5.02 Å². The van der Waals surface area contributed by atoms with Gasteiger partial charge in [-0.05, 0) is 37.0 Å². The molecule has 0 radical (unpaired) electrons. The summed E-state index contributed by atoms with van der Waals surface area (Å²) < 4.78 is 0. The summed E-state index contributed by atoms with van der Waals surface area (Å²) in [5, 5.41) is 4.71. The van der Waals surface area contributed by atoms with Crippen LogP contribution >= 0.6 is 27.5 Å². The van der Waals surface area contributed by atoms with Crippen molar-refractivity contribution in [2.45, 2.75) is 38.6 Å². The van der Waals surface area contributed by atoms with Gasteiger partial charge in [-0.3, -0.25) is 4.79 Å². The van der Waals surface area contributed by atoms with Gasteiger partial charge in [-0.15, -0.1) is 0 Å². The van der Waals surface area contributed by atoms with E-state index in [1.807, 2.05) is 24.3 Å². The first-order valence-corrected chi connectivity index (χ1v) is 7.78. The third-order valence-corrected chi connectivity index (χ3v) is 3.58. The molecule has 0 aliphatic rings. The number of alkyl halides is 1. The maximum atomic E-state index is 11.8. The third-order valence-electron chi connectivity index (χ3n) is 2.78. The summed E-state index contributed by atoms with van der Waals surface area (Å²) in [6, 6.07) is 7.72. The van der Waals surface area contributed by atoms with Gasteiger partial charge in [0.05, 0.1) is 6.04 Å². The molecule has 1 aromatic rings. The van der Waals surface area contributed by atoms with Gasteiger partial charge in [-0.2, -0.15) is 0 Å². The van der Waals surface area contributed by atoms with E-state index >= 15 is 0 Å². The predicted octanol–water partition coefficient (Wildman–Crippen LogP) is 4.47. The summed E-state index contributed by atoms with van der Waals surface area (Å²) in [5.41, 5.74) is 1.07. The van der Waals surface area contributed by atoms with Crippen molar-refractivity contribution in [2.24, 2.45) is 0 Å². The molecule has 2 nitrogen and oxygen atoms in total. The van der Waals surface area contributed by atoms with Crippen LogP contribution in [0, 0.1) is 0 Å². The summed E-state index contributed by atoms with van der Waals surface area (Å²) in [6.07, 6.45) is 3.40. The van der Waals surface area contributed by atoms with Crippen molar-refractivity contribution in [3.8, 4) is 0 Å². The Morgan fingerprint density at radius 2 is 2.22 bits per heavy atom. The lowest BCUT2D eigenvalue weighted by Gasteiger charge is -2.17. The molecule has 1 N–H and O–H groups in total. The Labute approximate surface area is 122 Å². The molecule has 1 amide bonds. The molecular weight excluding hydrogens is 314 g/mol. The number of halogens is 2. The number of nitrogens with one attached hydrogen (secondary N) is 1. The first-order chi connectivity index (χ1) is 8.67. The highest BCUT2D eigenvalue weighted by molar-refractivity contribution is 9.09. The molecule has 4 heteroatoms. The molecule has 0 spiro atoms. The first-order valence-electron chi connectivity index (χ1n) is 6.28. The van der Waals surface area contributed by atoms with Gasteiger partial charge in [0.15, 0.2) is 0 Å². The molecular formula is C14H19BrClNO. The lowest BCUT2D eigenvalue weighted by Crippen LogP contribution is -2.27. The SMILES string of the molecule is CCC(NC(=O)CCCCBr)c1cccc(Cl)c1. The molecule has 0 aliphatic carbocycles. The second-order valence-electron chi connectivity index (χ2n) is 4.23. The van der Waals surface area contributed by atoms with Crippen LogP contribution in [0.4, 0.5) is 0 Å². The molecule has 0 fully saturated rings. The molecule has 0 aromatic heterocycles. The van der Waals surface area contributed by atoms with E-state index in [1.54, 1.807) is 0 Å². The molecule has 100 valence electrons. The summed E-state index contributed by atoms with van der Waals surface area (Å²) in [7, 11) is 0. The Morgan fingerprint density at radius 1 is 1.44 bits per heavy atom. The second-order valence-corrected chi connectivity index (χ2v) is 5.46. The summed E-state index contributed by atoms with van der Waals surface area (Å²) in [4.78, 5) is 11.8. The number of hydrogen-bond acceptors (Lipinski definition) is 1. The average Bonchev–Trinajstić information content (AvgIpc) is 2.36. The van der Waals surface area contributed by atoms with Crippen LogP contribution in [-0.4, -0.2) is 11.2 Å². The normalized spacial score (nSPS) is 12.2. The Hall–Kier alpha value is -0.540. The number of unbranched alkanes of at least 4 members (excludes halogenated alkanes) is 1. The maximum Gasteiger partial charge on any atom is 0.220 e. The molecule has 0 bridgehead atoms.